The first-order valence-electron chi connectivity index (χ1n) is 2.77. The van der Waals surface area contributed by atoms with E-state index in [2.05, 4.69) is 15.9 Å². The van der Waals surface area contributed by atoms with E-state index in [1.165, 1.54) is 18.2 Å². The molecule has 3 heteroatoms. The molecular weight excluding hydrogens is 199 g/mol. The summed E-state index contributed by atoms with van der Waals surface area (Å²) in [7, 11) is 0. The van der Waals surface area contributed by atoms with Gasteiger partial charge in [0.1, 0.15) is 11.6 Å². The Balaban J connectivity index is 3.09. The van der Waals surface area contributed by atoms with Crippen molar-refractivity contribution in [2.45, 2.75) is 5.33 Å². The van der Waals surface area contributed by atoms with E-state index in [9.17, 15) is 4.39 Å². The SMILES string of the molecule is Oc1ccc(F)c(CBr)c1. The predicted molar refractivity (Wildman–Crippen MR) is 40.7 cm³/mol. The number of rotatable bonds is 1. The normalized spacial score (nSPS) is 9.80. The summed E-state index contributed by atoms with van der Waals surface area (Å²) in [6.07, 6.45) is 0. The molecule has 0 fully saturated rings. The van der Waals surface area contributed by atoms with Crippen LogP contribution in [0.4, 0.5) is 4.39 Å². The third-order valence-corrected chi connectivity index (χ3v) is 1.78. The number of phenols is 1. The van der Waals surface area contributed by atoms with Crippen LogP contribution in [0.1, 0.15) is 5.56 Å². The van der Waals surface area contributed by atoms with Gasteiger partial charge >= 0.3 is 0 Å². The number of hydrogen-bond donors (Lipinski definition) is 1. The first kappa shape index (κ1) is 7.54. The number of halogens is 2. The number of phenolic OH excluding ortho intramolecular Hbond substituents is 1. The quantitative estimate of drug-likeness (QED) is 0.698. The molecule has 0 amide bonds. The van der Waals surface area contributed by atoms with Crippen molar-refractivity contribution in [2.75, 3.05) is 0 Å². The van der Waals surface area contributed by atoms with Gasteiger partial charge in [-0.3, -0.25) is 0 Å². The van der Waals surface area contributed by atoms with E-state index < -0.39 is 0 Å². The first-order chi connectivity index (χ1) is 4.74. The fourth-order valence-electron chi connectivity index (χ4n) is 0.664. The third-order valence-electron chi connectivity index (χ3n) is 1.17. The van der Waals surface area contributed by atoms with Crippen LogP contribution < -0.4 is 0 Å². The zero-order chi connectivity index (χ0) is 7.56. The molecule has 0 aromatic heterocycles. The zero-order valence-electron chi connectivity index (χ0n) is 5.14. The minimum absolute atomic E-state index is 0.0934. The Kier molecular flexibility index (Phi) is 2.27. The molecule has 1 nitrogen and oxygen atoms in total. The maximum Gasteiger partial charge on any atom is 0.127 e. The molecule has 0 saturated carbocycles. The topological polar surface area (TPSA) is 20.2 Å². The van der Waals surface area contributed by atoms with Gasteiger partial charge in [-0.05, 0) is 18.2 Å². The molecule has 1 aromatic rings. The lowest BCUT2D eigenvalue weighted by molar-refractivity contribution is 0.472. The Labute approximate surface area is 66.6 Å². The fourth-order valence-corrected chi connectivity index (χ4v) is 1.09. The molecule has 1 aromatic carbocycles. The lowest BCUT2D eigenvalue weighted by Crippen LogP contribution is -1.83. The smallest absolute Gasteiger partial charge is 0.127 e. The van der Waals surface area contributed by atoms with Crippen LogP contribution in [-0.2, 0) is 5.33 Å². The maximum absolute atomic E-state index is 12.6. The van der Waals surface area contributed by atoms with Crippen molar-refractivity contribution in [1.29, 1.82) is 0 Å². The first-order valence-corrected chi connectivity index (χ1v) is 3.89. The van der Waals surface area contributed by atoms with E-state index in [1.807, 2.05) is 0 Å². The van der Waals surface area contributed by atoms with Gasteiger partial charge in [-0.2, -0.15) is 0 Å². The highest BCUT2D eigenvalue weighted by Crippen LogP contribution is 2.17. The molecule has 0 aliphatic rings. The molecule has 0 saturated heterocycles. The highest BCUT2D eigenvalue weighted by Gasteiger charge is 1.99. The predicted octanol–water partition coefficient (Wildman–Crippen LogP) is 2.43. The second-order valence-electron chi connectivity index (χ2n) is 1.91. The van der Waals surface area contributed by atoms with E-state index in [4.69, 9.17) is 5.11 Å². The van der Waals surface area contributed by atoms with Gasteiger partial charge in [0.25, 0.3) is 0 Å². The Bertz CT molecular complexity index is 237. The van der Waals surface area contributed by atoms with Gasteiger partial charge < -0.3 is 5.11 Å². The lowest BCUT2D eigenvalue weighted by atomic mass is 10.2. The van der Waals surface area contributed by atoms with Crippen LogP contribution >= 0.6 is 15.9 Å². The minimum atomic E-state index is -0.297. The largest absolute Gasteiger partial charge is 0.508 e. The molecule has 10 heavy (non-hydrogen) atoms. The van der Waals surface area contributed by atoms with Gasteiger partial charge in [-0.25, -0.2) is 4.39 Å². The molecule has 1 rings (SSSR count). The summed E-state index contributed by atoms with van der Waals surface area (Å²) in [6.45, 7) is 0. The number of benzene rings is 1. The molecule has 0 aliphatic carbocycles. The molecular formula is C7H6BrFO. The molecule has 0 spiro atoms. The van der Waals surface area contributed by atoms with Crippen molar-refractivity contribution in [2.24, 2.45) is 0 Å². The van der Waals surface area contributed by atoms with Crippen LogP contribution in [0, 0.1) is 5.82 Å². The van der Waals surface area contributed by atoms with Crippen LogP contribution in [0.2, 0.25) is 0 Å². The van der Waals surface area contributed by atoms with Gasteiger partial charge in [-0.1, -0.05) is 15.9 Å². The van der Waals surface area contributed by atoms with Crippen molar-refractivity contribution in [3.05, 3.63) is 29.6 Å². The second-order valence-corrected chi connectivity index (χ2v) is 2.47. The van der Waals surface area contributed by atoms with Crippen molar-refractivity contribution in [3.63, 3.8) is 0 Å². The summed E-state index contributed by atoms with van der Waals surface area (Å²) in [5, 5.41) is 9.30. The van der Waals surface area contributed by atoms with Crippen LogP contribution in [0.25, 0.3) is 0 Å². The Hall–Kier alpha value is -0.570. The summed E-state index contributed by atoms with van der Waals surface area (Å²) in [5.41, 5.74) is 0.472. The Morgan fingerprint density at radius 3 is 2.70 bits per heavy atom. The van der Waals surface area contributed by atoms with E-state index in [0.717, 1.165) is 0 Å². The fraction of sp³-hybridized carbons (Fsp3) is 0.143. The standard InChI is InChI=1S/C7H6BrFO/c8-4-5-3-6(10)1-2-7(5)9/h1-3,10H,4H2. The summed E-state index contributed by atoms with van der Waals surface area (Å²) >= 11 is 3.09. The molecule has 0 unspecified atom stereocenters. The van der Waals surface area contributed by atoms with Crippen molar-refractivity contribution in [1.82, 2.24) is 0 Å². The van der Waals surface area contributed by atoms with Crippen LogP contribution in [0.3, 0.4) is 0 Å². The number of aromatic hydroxyl groups is 1. The van der Waals surface area contributed by atoms with Crippen molar-refractivity contribution < 1.29 is 9.50 Å². The molecule has 0 aliphatic heterocycles. The Morgan fingerprint density at radius 1 is 1.50 bits per heavy atom. The highest BCUT2D eigenvalue weighted by atomic mass is 79.9. The van der Waals surface area contributed by atoms with E-state index >= 15 is 0 Å². The van der Waals surface area contributed by atoms with E-state index in [1.54, 1.807) is 0 Å². The maximum atomic E-state index is 12.6. The lowest BCUT2D eigenvalue weighted by Gasteiger charge is -1.97. The van der Waals surface area contributed by atoms with Gasteiger partial charge in [0.05, 0.1) is 0 Å². The van der Waals surface area contributed by atoms with Gasteiger partial charge in [0, 0.05) is 10.9 Å². The van der Waals surface area contributed by atoms with Gasteiger partial charge in [0.2, 0.25) is 0 Å². The minimum Gasteiger partial charge on any atom is -0.508 e. The number of hydrogen-bond acceptors (Lipinski definition) is 1. The monoisotopic (exact) mass is 204 g/mol. The van der Waals surface area contributed by atoms with Gasteiger partial charge in [0.15, 0.2) is 0 Å². The number of alkyl halides is 1. The zero-order valence-corrected chi connectivity index (χ0v) is 6.73. The molecule has 0 radical (unpaired) electrons. The molecule has 0 heterocycles. The summed E-state index contributed by atoms with van der Waals surface area (Å²) in [4.78, 5) is 0. The van der Waals surface area contributed by atoms with Gasteiger partial charge in [-0.15, -0.1) is 0 Å². The second kappa shape index (κ2) is 3.01. The van der Waals surface area contributed by atoms with Crippen LogP contribution in [0.5, 0.6) is 5.75 Å². The highest BCUT2D eigenvalue weighted by molar-refractivity contribution is 9.08. The van der Waals surface area contributed by atoms with Crippen LogP contribution in [-0.4, -0.2) is 5.11 Å². The average molecular weight is 205 g/mol. The van der Waals surface area contributed by atoms with Crippen molar-refractivity contribution >= 4 is 15.9 Å². The molecule has 0 atom stereocenters. The van der Waals surface area contributed by atoms with E-state index in [0.29, 0.717) is 10.9 Å². The molecule has 54 valence electrons. The van der Waals surface area contributed by atoms with Crippen LogP contribution in [0.15, 0.2) is 18.2 Å². The summed E-state index contributed by atoms with van der Waals surface area (Å²) < 4.78 is 12.6. The Morgan fingerprint density at radius 2 is 2.20 bits per heavy atom. The summed E-state index contributed by atoms with van der Waals surface area (Å²) in [5.74, 6) is -0.203. The van der Waals surface area contributed by atoms with E-state index in [-0.39, 0.29) is 11.6 Å². The van der Waals surface area contributed by atoms with Crippen molar-refractivity contribution in [3.8, 4) is 5.75 Å². The molecule has 1 N–H and O–H groups in total. The third kappa shape index (κ3) is 1.48. The molecule has 0 bridgehead atoms. The average Bonchev–Trinajstić information content (AvgIpc) is 1.94. The summed E-state index contributed by atoms with van der Waals surface area (Å²) in [6, 6.07) is 3.96.